The number of fused-ring (bicyclic) bond motifs is 1. The molecule has 3 rings (SSSR count). The van der Waals surface area contributed by atoms with E-state index in [0.29, 0.717) is 32.4 Å². The minimum absolute atomic E-state index is 0.0731. The van der Waals surface area contributed by atoms with Crippen molar-refractivity contribution in [3.63, 3.8) is 0 Å². The number of carbonyl (C=O) groups excluding carboxylic acids is 1. The summed E-state index contributed by atoms with van der Waals surface area (Å²) in [6.07, 6.45) is 1.51. The summed E-state index contributed by atoms with van der Waals surface area (Å²) in [5.74, 6) is 0.426. The molecule has 1 aromatic rings. The van der Waals surface area contributed by atoms with Crippen LogP contribution in [0.3, 0.4) is 0 Å². The Kier molecular flexibility index (Phi) is 4.54. The number of carbonyl (C=O) groups is 1. The van der Waals surface area contributed by atoms with Crippen LogP contribution in [0, 0.1) is 0 Å². The Morgan fingerprint density at radius 3 is 3.00 bits per heavy atom. The van der Waals surface area contributed by atoms with Crippen molar-refractivity contribution in [2.45, 2.75) is 36.2 Å². The highest BCUT2D eigenvalue weighted by molar-refractivity contribution is 7.89. The summed E-state index contributed by atoms with van der Waals surface area (Å²) in [7, 11) is -2.22. The van der Waals surface area contributed by atoms with E-state index in [4.69, 9.17) is 4.74 Å². The number of rotatable bonds is 4. The second kappa shape index (κ2) is 6.34. The van der Waals surface area contributed by atoms with E-state index in [9.17, 15) is 18.3 Å². The van der Waals surface area contributed by atoms with E-state index in [2.05, 4.69) is 5.32 Å². The predicted molar refractivity (Wildman–Crippen MR) is 87.3 cm³/mol. The number of piperidine rings is 1. The molecule has 2 N–H and O–H groups in total. The topological polar surface area (TPSA) is 95.9 Å². The van der Waals surface area contributed by atoms with Crippen molar-refractivity contribution in [1.29, 1.82) is 0 Å². The third-order valence-corrected chi connectivity index (χ3v) is 6.43. The standard InChI is InChI=1S/C16H22N2O5S/c1-17-15(19)10-16(20)6-2-7-18(11-16)24(21,22)13-3-4-14-12(9-13)5-8-23-14/h3-4,9,20H,2,5-8,10-11H2,1H3,(H,17,19). The Morgan fingerprint density at radius 2 is 2.25 bits per heavy atom. The molecule has 0 saturated carbocycles. The molecule has 0 aromatic heterocycles. The van der Waals surface area contributed by atoms with Crippen LogP contribution in [0.15, 0.2) is 23.1 Å². The molecule has 7 nitrogen and oxygen atoms in total. The first kappa shape index (κ1) is 17.2. The van der Waals surface area contributed by atoms with E-state index in [1.54, 1.807) is 12.1 Å². The maximum Gasteiger partial charge on any atom is 0.243 e. The Bertz CT molecular complexity index is 749. The molecule has 1 unspecified atom stereocenters. The molecule has 0 aliphatic carbocycles. The van der Waals surface area contributed by atoms with Gasteiger partial charge in [-0.15, -0.1) is 0 Å². The van der Waals surface area contributed by atoms with Crippen LogP contribution in [-0.2, 0) is 21.2 Å². The fraction of sp³-hybridized carbons (Fsp3) is 0.562. The van der Waals surface area contributed by atoms with Crippen molar-refractivity contribution >= 4 is 15.9 Å². The average molecular weight is 354 g/mol. The van der Waals surface area contributed by atoms with E-state index in [1.165, 1.54) is 17.4 Å². The van der Waals surface area contributed by atoms with Crippen molar-refractivity contribution in [2.24, 2.45) is 0 Å². The normalized spacial score (nSPS) is 24.2. The molecule has 2 heterocycles. The minimum atomic E-state index is -3.71. The first-order chi connectivity index (χ1) is 11.3. The van der Waals surface area contributed by atoms with Gasteiger partial charge in [0.2, 0.25) is 15.9 Å². The number of nitrogens with zero attached hydrogens (tertiary/aromatic N) is 1. The predicted octanol–water partition coefficient (Wildman–Crippen LogP) is 0.273. The van der Waals surface area contributed by atoms with E-state index in [1.807, 2.05) is 0 Å². The lowest BCUT2D eigenvalue weighted by Gasteiger charge is -2.38. The number of amides is 1. The molecule has 0 bridgehead atoms. The maximum atomic E-state index is 12.9. The van der Waals surface area contributed by atoms with Gasteiger partial charge < -0.3 is 15.2 Å². The van der Waals surface area contributed by atoms with Gasteiger partial charge in [-0.1, -0.05) is 0 Å². The highest BCUT2D eigenvalue weighted by Crippen LogP contribution is 2.32. The number of aliphatic hydroxyl groups is 1. The third-order valence-electron chi connectivity index (χ3n) is 4.59. The Hall–Kier alpha value is -1.64. The molecule has 0 radical (unpaired) electrons. The third kappa shape index (κ3) is 3.26. The Balaban J connectivity index is 1.83. The van der Waals surface area contributed by atoms with Gasteiger partial charge in [0.05, 0.1) is 23.5 Å². The summed E-state index contributed by atoms with van der Waals surface area (Å²) < 4.78 is 32.5. The lowest BCUT2D eigenvalue weighted by atomic mass is 9.90. The summed E-state index contributed by atoms with van der Waals surface area (Å²) in [5.41, 5.74) is -0.445. The van der Waals surface area contributed by atoms with Crippen molar-refractivity contribution in [1.82, 2.24) is 9.62 Å². The first-order valence-electron chi connectivity index (χ1n) is 8.03. The van der Waals surface area contributed by atoms with E-state index in [0.717, 1.165) is 11.3 Å². The summed E-state index contributed by atoms with van der Waals surface area (Å²) in [5, 5.41) is 13.1. The van der Waals surface area contributed by atoms with Crippen LogP contribution in [-0.4, -0.2) is 56.1 Å². The zero-order valence-electron chi connectivity index (χ0n) is 13.6. The highest BCUT2D eigenvalue weighted by Gasteiger charge is 2.40. The van der Waals surface area contributed by atoms with Gasteiger partial charge in [0.15, 0.2) is 0 Å². The van der Waals surface area contributed by atoms with Crippen LogP contribution < -0.4 is 10.1 Å². The summed E-state index contributed by atoms with van der Waals surface area (Å²) >= 11 is 0. The van der Waals surface area contributed by atoms with Crippen LogP contribution in [0.1, 0.15) is 24.8 Å². The van der Waals surface area contributed by atoms with E-state index < -0.39 is 15.6 Å². The average Bonchev–Trinajstić information content (AvgIpc) is 3.01. The van der Waals surface area contributed by atoms with E-state index in [-0.39, 0.29) is 23.8 Å². The summed E-state index contributed by atoms with van der Waals surface area (Å²) in [6.45, 7) is 0.830. The molecule has 8 heteroatoms. The van der Waals surface area contributed by atoms with Gasteiger partial charge in [-0.25, -0.2) is 8.42 Å². The summed E-state index contributed by atoms with van der Waals surface area (Å²) in [4.78, 5) is 11.8. The van der Waals surface area contributed by atoms with Gasteiger partial charge >= 0.3 is 0 Å². The largest absolute Gasteiger partial charge is 0.493 e. The number of hydrogen-bond donors (Lipinski definition) is 2. The van der Waals surface area contributed by atoms with Gasteiger partial charge in [-0.3, -0.25) is 4.79 Å². The molecule has 2 aliphatic rings. The van der Waals surface area contributed by atoms with E-state index >= 15 is 0 Å². The van der Waals surface area contributed by atoms with Crippen molar-refractivity contribution in [3.8, 4) is 5.75 Å². The molecule has 1 saturated heterocycles. The first-order valence-corrected chi connectivity index (χ1v) is 9.47. The number of hydrogen-bond acceptors (Lipinski definition) is 5. The number of ether oxygens (including phenoxy) is 1. The van der Waals surface area contributed by atoms with Crippen molar-refractivity contribution in [3.05, 3.63) is 23.8 Å². The van der Waals surface area contributed by atoms with Crippen LogP contribution in [0.4, 0.5) is 0 Å². The van der Waals surface area contributed by atoms with Crippen molar-refractivity contribution in [2.75, 3.05) is 26.7 Å². The van der Waals surface area contributed by atoms with Crippen LogP contribution in [0.5, 0.6) is 5.75 Å². The fourth-order valence-electron chi connectivity index (χ4n) is 3.28. The monoisotopic (exact) mass is 354 g/mol. The quantitative estimate of drug-likeness (QED) is 0.809. The number of benzene rings is 1. The second-order valence-corrected chi connectivity index (χ2v) is 8.32. The Labute approximate surface area is 141 Å². The van der Waals surface area contributed by atoms with Gasteiger partial charge in [-0.2, -0.15) is 4.31 Å². The Morgan fingerprint density at radius 1 is 1.46 bits per heavy atom. The lowest BCUT2D eigenvalue weighted by molar-refractivity contribution is -0.127. The molecule has 1 aromatic carbocycles. The molecule has 1 atom stereocenters. The SMILES string of the molecule is CNC(=O)CC1(O)CCCN(S(=O)(=O)c2ccc3c(c2)CCO3)C1. The minimum Gasteiger partial charge on any atom is -0.493 e. The molecule has 1 amide bonds. The zero-order chi connectivity index (χ0) is 17.4. The number of β-amino-alcohol motifs (C(OH)–C–C–N with tert-alkyl or cyclic N) is 1. The second-order valence-electron chi connectivity index (χ2n) is 6.38. The smallest absolute Gasteiger partial charge is 0.243 e. The lowest BCUT2D eigenvalue weighted by Crippen LogP contribution is -2.52. The van der Waals surface area contributed by atoms with Crippen LogP contribution >= 0.6 is 0 Å². The highest BCUT2D eigenvalue weighted by atomic mass is 32.2. The van der Waals surface area contributed by atoms with Crippen molar-refractivity contribution < 1.29 is 23.1 Å². The number of nitrogens with one attached hydrogen (secondary N) is 1. The zero-order valence-corrected chi connectivity index (χ0v) is 14.4. The van der Waals surface area contributed by atoms with Gasteiger partial charge in [-0.05, 0) is 36.6 Å². The molecule has 1 fully saturated rings. The molecular formula is C16H22N2O5S. The summed E-state index contributed by atoms with van der Waals surface area (Å²) in [6, 6.07) is 4.85. The fourth-order valence-corrected chi connectivity index (χ4v) is 4.89. The number of sulfonamides is 1. The van der Waals surface area contributed by atoms with Gasteiger partial charge in [0, 0.05) is 26.6 Å². The molecular weight excluding hydrogens is 332 g/mol. The maximum absolute atomic E-state index is 12.9. The van der Waals surface area contributed by atoms with Crippen LogP contribution in [0.2, 0.25) is 0 Å². The van der Waals surface area contributed by atoms with Gasteiger partial charge in [0.1, 0.15) is 5.75 Å². The van der Waals surface area contributed by atoms with Crippen LogP contribution in [0.25, 0.3) is 0 Å². The van der Waals surface area contributed by atoms with Gasteiger partial charge in [0.25, 0.3) is 0 Å². The molecule has 132 valence electrons. The molecule has 0 spiro atoms. The molecule has 2 aliphatic heterocycles. The molecule has 24 heavy (non-hydrogen) atoms.